The maximum absolute atomic E-state index is 11.9. The number of hydrogen-bond acceptors (Lipinski definition) is 5. The predicted molar refractivity (Wildman–Crippen MR) is 93.2 cm³/mol. The molecule has 2 aliphatic heterocycles. The van der Waals surface area contributed by atoms with Crippen LogP contribution < -0.4 is 10.9 Å². The van der Waals surface area contributed by atoms with Gasteiger partial charge in [0.1, 0.15) is 0 Å². The van der Waals surface area contributed by atoms with Crippen molar-refractivity contribution in [2.24, 2.45) is 0 Å². The van der Waals surface area contributed by atoms with E-state index in [1.54, 1.807) is 0 Å². The molecule has 6 nitrogen and oxygen atoms in total. The second kappa shape index (κ2) is 7.93. The van der Waals surface area contributed by atoms with Crippen LogP contribution in [0, 0.1) is 0 Å². The molecule has 0 bridgehead atoms. The normalized spacial score (nSPS) is 19.3. The molecule has 0 unspecified atom stereocenters. The average molecular weight is 319 g/mol. The Morgan fingerprint density at radius 2 is 1.87 bits per heavy atom. The number of fused-ring (bicyclic) bond motifs is 1. The van der Waals surface area contributed by atoms with E-state index in [0.29, 0.717) is 0 Å². The highest BCUT2D eigenvalue weighted by atomic mass is 16.1. The highest BCUT2D eigenvalue weighted by Gasteiger charge is 2.20. The molecule has 0 radical (unpaired) electrons. The summed E-state index contributed by atoms with van der Waals surface area (Å²) in [6, 6.07) is 0. The van der Waals surface area contributed by atoms with Crippen molar-refractivity contribution in [3.63, 3.8) is 0 Å². The van der Waals surface area contributed by atoms with E-state index < -0.39 is 0 Å². The molecule has 128 valence electrons. The zero-order valence-electron chi connectivity index (χ0n) is 14.2. The van der Waals surface area contributed by atoms with Crippen LogP contribution in [0.15, 0.2) is 4.79 Å². The SMILES string of the molecule is CCCCN1CCN(CCc2n[nH]c(=O)c3c2NCCC3)CC1. The van der Waals surface area contributed by atoms with Gasteiger partial charge in [0.05, 0.1) is 11.4 Å². The molecular weight excluding hydrogens is 290 g/mol. The minimum absolute atomic E-state index is 0.0273. The molecule has 0 atom stereocenters. The van der Waals surface area contributed by atoms with E-state index in [4.69, 9.17) is 0 Å². The molecule has 0 aliphatic carbocycles. The second-order valence-electron chi connectivity index (χ2n) is 6.67. The number of unbranched alkanes of at least 4 members (excludes halogenated alkanes) is 1. The van der Waals surface area contributed by atoms with Crippen molar-refractivity contribution in [1.82, 2.24) is 20.0 Å². The molecule has 2 N–H and O–H groups in total. The maximum Gasteiger partial charge on any atom is 0.269 e. The number of piperazine rings is 1. The first kappa shape index (κ1) is 16.5. The lowest BCUT2D eigenvalue weighted by Gasteiger charge is -2.34. The van der Waals surface area contributed by atoms with E-state index in [2.05, 4.69) is 32.2 Å². The minimum atomic E-state index is -0.0273. The Hall–Kier alpha value is -1.40. The number of aromatic amines is 1. The first-order valence-electron chi connectivity index (χ1n) is 9.07. The summed E-state index contributed by atoms with van der Waals surface area (Å²) >= 11 is 0. The maximum atomic E-state index is 11.9. The number of hydrogen-bond donors (Lipinski definition) is 2. The van der Waals surface area contributed by atoms with Gasteiger partial charge in [-0.05, 0) is 25.8 Å². The Kier molecular flexibility index (Phi) is 5.67. The molecule has 0 spiro atoms. The first-order chi connectivity index (χ1) is 11.3. The van der Waals surface area contributed by atoms with E-state index in [9.17, 15) is 4.79 Å². The average Bonchev–Trinajstić information content (AvgIpc) is 2.60. The summed E-state index contributed by atoms with van der Waals surface area (Å²) in [7, 11) is 0. The largest absolute Gasteiger partial charge is 0.383 e. The van der Waals surface area contributed by atoms with E-state index in [1.807, 2.05) is 0 Å². The van der Waals surface area contributed by atoms with E-state index >= 15 is 0 Å². The highest BCUT2D eigenvalue weighted by Crippen LogP contribution is 2.21. The van der Waals surface area contributed by atoms with Gasteiger partial charge < -0.3 is 15.1 Å². The van der Waals surface area contributed by atoms with Gasteiger partial charge in [0, 0.05) is 51.3 Å². The van der Waals surface area contributed by atoms with Gasteiger partial charge >= 0.3 is 0 Å². The van der Waals surface area contributed by atoms with Crippen LogP contribution in [0.25, 0.3) is 0 Å². The van der Waals surface area contributed by atoms with E-state index in [1.165, 1.54) is 32.5 Å². The van der Waals surface area contributed by atoms with Crippen LogP contribution in [-0.4, -0.2) is 65.8 Å². The molecule has 2 aliphatic rings. The van der Waals surface area contributed by atoms with Crippen molar-refractivity contribution in [3.8, 4) is 0 Å². The molecule has 3 heterocycles. The van der Waals surface area contributed by atoms with Crippen LogP contribution in [0.3, 0.4) is 0 Å². The monoisotopic (exact) mass is 319 g/mol. The van der Waals surface area contributed by atoms with Gasteiger partial charge in [0.15, 0.2) is 0 Å². The highest BCUT2D eigenvalue weighted by molar-refractivity contribution is 5.55. The Labute approximate surface area is 138 Å². The lowest BCUT2D eigenvalue weighted by atomic mass is 10.0. The fraction of sp³-hybridized carbons (Fsp3) is 0.765. The molecule has 1 aromatic rings. The molecule has 0 amide bonds. The van der Waals surface area contributed by atoms with E-state index in [0.717, 1.165) is 62.4 Å². The van der Waals surface area contributed by atoms with Gasteiger partial charge in [0.2, 0.25) is 0 Å². The van der Waals surface area contributed by atoms with Gasteiger partial charge in [-0.1, -0.05) is 13.3 Å². The Bertz CT molecular complexity index is 563. The molecule has 3 rings (SSSR count). The molecular formula is C17H29N5O. The first-order valence-corrected chi connectivity index (χ1v) is 9.07. The summed E-state index contributed by atoms with van der Waals surface area (Å²) in [5.74, 6) is 0. The van der Waals surface area contributed by atoms with Crippen molar-refractivity contribution in [2.75, 3.05) is 51.1 Å². The van der Waals surface area contributed by atoms with Crippen molar-refractivity contribution < 1.29 is 0 Å². The van der Waals surface area contributed by atoms with Gasteiger partial charge in [-0.25, -0.2) is 5.10 Å². The van der Waals surface area contributed by atoms with Crippen molar-refractivity contribution >= 4 is 5.69 Å². The molecule has 23 heavy (non-hydrogen) atoms. The Morgan fingerprint density at radius 3 is 2.61 bits per heavy atom. The summed E-state index contributed by atoms with van der Waals surface area (Å²) < 4.78 is 0. The predicted octanol–water partition coefficient (Wildman–Crippen LogP) is 1.09. The Morgan fingerprint density at radius 1 is 1.13 bits per heavy atom. The number of anilines is 1. The summed E-state index contributed by atoms with van der Waals surface area (Å²) in [4.78, 5) is 17.0. The zero-order valence-corrected chi connectivity index (χ0v) is 14.2. The molecule has 0 aromatic carbocycles. The molecule has 0 saturated carbocycles. The Balaban J connectivity index is 1.53. The van der Waals surface area contributed by atoms with Crippen molar-refractivity contribution in [2.45, 2.75) is 39.0 Å². The number of H-pyrrole nitrogens is 1. The van der Waals surface area contributed by atoms with Crippen LogP contribution in [0.5, 0.6) is 0 Å². The smallest absolute Gasteiger partial charge is 0.269 e. The lowest BCUT2D eigenvalue weighted by Crippen LogP contribution is -2.47. The summed E-state index contributed by atoms with van der Waals surface area (Å²) in [6.07, 6.45) is 5.37. The van der Waals surface area contributed by atoms with Crippen molar-refractivity contribution in [3.05, 3.63) is 21.6 Å². The van der Waals surface area contributed by atoms with Gasteiger partial charge in [-0.2, -0.15) is 5.10 Å². The minimum Gasteiger partial charge on any atom is -0.383 e. The third-order valence-corrected chi connectivity index (χ3v) is 5.02. The van der Waals surface area contributed by atoms with Crippen LogP contribution in [0.4, 0.5) is 5.69 Å². The number of rotatable bonds is 6. The van der Waals surface area contributed by atoms with Crippen LogP contribution >= 0.6 is 0 Å². The number of aromatic nitrogens is 2. The van der Waals surface area contributed by atoms with Crippen molar-refractivity contribution in [1.29, 1.82) is 0 Å². The van der Waals surface area contributed by atoms with Gasteiger partial charge in [0.25, 0.3) is 5.56 Å². The molecule has 1 aromatic heterocycles. The standard InChI is InChI=1S/C17H29N5O/c1-2-3-8-21-10-12-22(13-11-21)9-6-15-16-14(5-4-7-18-16)17(23)20-19-15/h18H,2-13H2,1H3,(H,20,23). The number of nitrogens with zero attached hydrogens (tertiary/aromatic N) is 3. The lowest BCUT2D eigenvalue weighted by molar-refractivity contribution is 0.132. The third-order valence-electron chi connectivity index (χ3n) is 5.02. The summed E-state index contributed by atoms with van der Waals surface area (Å²) in [5.41, 5.74) is 2.89. The molecule has 1 saturated heterocycles. The quantitative estimate of drug-likeness (QED) is 0.822. The van der Waals surface area contributed by atoms with Crippen LogP contribution in [0.2, 0.25) is 0 Å². The topological polar surface area (TPSA) is 64.3 Å². The molecule has 1 fully saturated rings. The van der Waals surface area contributed by atoms with Crippen LogP contribution in [0.1, 0.15) is 37.4 Å². The fourth-order valence-electron chi connectivity index (χ4n) is 3.52. The molecule has 6 heteroatoms. The van der Waals surface area contributed by atoms with E-state index in [-0.39, 0.29) is 5.56 Å². The van der Waals surface area contributed by atoms with Crippen LogP contribution in [-0.2, 0) is 12.8 Å². The zero-order chi connectivity index (χ0) is 16.1. The van der Waals surface area contributed by atoms with Gasteiger partial charge in [-0.15, -0.1) is 0 Å². The van der Waals surface area contributed by atoms with Gasteiger partial charge in [-0.3, -0.25) is 4.79 Å². The summed E-state index contributed by atoms with van der Waals surface area (Å²) in [6.45, 7) is 10.1. The second-order valence-corrected chi connectivity index (χ2v) is 6.67. The summed E-state index contributed by atoms with van der Waals surface area (Å²) in [5, 5.41) is 10.3. The third kappa shape index (κ3) is 4.12. The fourth-order valence-corrected chi connectivity index (χ4v) is 3.52. The number of nitrogens with one attached hydrogen (secondary N) is 2.